The Kier molecular flexibility index (Phi) is 5.38. The van der Waals surface area contributed by atoms with Gasteiger partial charge in [0, 0.05) is 28.3 Å². The number of amides is 1. The summed E-state index contributed by atoms with van der Waals surface area (Å²) < 4.78 is 0. The lowest BCUT2D eigenvalue weighted by molar-refractivity contribution is -0.112. The molecule has 0 saturated carbocycles. The molecule has 3 aromatic carbocycles. The van der Waals surface area contributed by atoms with Crippen molar-refractivity contribution in [2.24, 2.45) is 0 Å². The summed E-state index contributed by atoms with van der Waals surface area (Å²) in [4.78, 5) is 12.5. The maximum Gasteiger partial charge on any atom is 0.267 e. The van der Waals surface area contributed by atoms with Crippen LogP contribution in [0.4, 0.5) is 11.4 Å². The van der Waals surface area contributed by atoms with Crippen molar-refractivity contribution < 1.29 is 9.90 Å². The van der Waals surface area contributed by atoms with Crippen LogP contribution in [0.15, 0.2) is 72.4 Å². The summed E-state index contributed by atoms with van der Waals surface area (Å²) in [5, 5.41) is 26.5. The third-order valence-corrected chi connectivity index (χ3v) is 4.28. The number of aromatic hydroxyl groups is 1. The normalized spacial score (nSPS) is 11.0. The fourth-order valence-corrected chi connectivity index (χ4v) is 2.86. The van der Waals surface area contributed by atoms with Crippen LogP contribution in [0, 0.1) is 11.3 Å². The number of hydrogen-bond donors (Lipinski definition) is 3. The second-order valence-corrected chi connectivity index (χ2v) is 5.96. The van der Waals surface area contributed by atoms with Gasteiger partial charge < -0.3 is 15.7 Å². The van der Waals surface area contributed by atoms with Crippen molar-refractivity contribution in [1.29, 1.82) is 5.26 Å². The Morgan fingerprint density at radius 2 is 1.74 bits per heavy atom. The van der Waals surface area contributed by atoms with Gasteiger partial charge in [0.15, 0.2) is 0 Å². The molecule has 0 aliphatic rings. The van der Waals surface area contributed by atoms with Crippen molar-refractivity contribution in [3.05, 3.63) is 78.0 Å². The van der Waals surface area contributed by atoms with Crippen LogP contribution in [0.1, 0.15) is 12.5 Å². The van der Waals surface area contributed by atoms with Crippen LogP contribution >= 0.6 is 0 Å². The molecule has 3 aromatic rings. The van der Waals surface area contributed by atoms with Gasteiger partial charge in [-0.05, 0) is 30.2 Å². The standard InChI is InChI=1S/C22H19N3O2/c1-2-15-7-3-4-10-19(15)24-14-16(13-23)22(27)25-20-11-5-9-18-17(20)8-6-12-21(18)26/h3-12,14,24,26H,2H2,1H3,(H,25,27)/b16-14-. The summed E-state index contributed by atoms with van der Waals surface area (Å²) in [5.41, 5.74) is 2.44. The number of nitrogens with one attached hydrogen (secondary N) is 2. The minimum Gasteiger partial charge on any atom is -0.507 e. The van der Waals surface area contributed by atoms with Gasteiger partial charge in [0.1, 0.15) is 17.4 Å². The first-order valence-electron chi connectivity index (χ1n) is 8.60. The second kappa shape index (κ2) is 8.07. The maximum absolute atomic E-state index is 12.5. The number of hydrogen-bond acceptors (Lipinski definition) is 4. The summed E-state index contributed by atoms with van der Waals surface area (Å²) in [6.45, 7) is 2.04. The van der Waals surface area contributed by atoms with Crippen LogP contribution in [0.3, 0.4) is 0 Å². The van der Waals surface area contributed by atoms with E-state index in [1.54, 1.807) is 36.4 Å². The fourth-order valence-electron chi connectivity index (χ4n) is 2.86. The van der Waals surface area contributed by atoms with Crippen LogP contribution in [-0.2, 0) is 11.2 Å². The van der Waals surface area contributed by atoms with E-state index in [1.807, 2.05) is 37.3 Å². The molecule has 27 heavy (non-hydrogen) atoms. The van der Waals surface area contributed by atoms with Gasteiger partial charge in [0.05, 0.1) is 0 Å². The first-order valence-corrected chi connectivity index (χ1v) is 8.60. The third kappa shape index (κ3) is 3.91. The first kappa shape index (κ1) is 18.0. The Balaban J connectivity index is 1.84. The lowest BCUT2D eigenvalue weighted by Gasteiger charge is -2.10. The maximum atomic E-state index is 12.5. The van der Waals surface area contributed by atoms with Crippen LogP contribution in [0.25, 0.3) is 10.8 Å². The van der Waals surface area contributed by atoms with Gasteiger partial charge >= 0.3 is 0 Å². The molecule has 3 rings (SSSR count). The monoisotopic (exact) mass is 357 g/mol. The van der Waals surface area contributed by atoms with E-state index in [1.165, 1.54) is 6.20 Å². The SMILES string of the molecule is CCc1ccccc1N/C=C(/C#N)C(=O)Nc1cccc2c(O)cccc12. The highest BCUT2D eigenvalue weighted by atomic mass is 16.3. The Morgan fingerprint density at radius 3 is 2.52 bits per heavy atom. The van der Waals surface area contributed by atoms with E-state index in [0.717, 1.165) is 17.7 Å². The van der Waals surface area contributed by atoms with Gasteiger partial charge in [0.2, 0.25) is 0 Å². The van der Waals surface area contributed by atoms with E-state index >= 15 is 0 Å². The third-order valence-electron chi connectivity index (χ3n) is 4.28. The van der Waals surface area contributed by atoms with Gasteiger partial charge in [-0.25, -0.2) is 0 Å². The zero-order chi connectivity index (χ0) is 19.2. The number of para-hydroxylation sites is 1. The number of fused-ring (bicyclic) bond motifs is 1. The molecule has 1 amide bonds. The van der Waals surface area contributed by atoms with Crippen molar-refractivity contribution in [1.82, 2.24) is 0 Å². The largest absolute Gasteiger partial charge is 0.507 e. The number of benzene rings is 3. The van der Waals surface area contributed by atoms with Crippen molar-refractivity contribution in [3.63, 3.8) is 0 Å². The summed E-state index contributed by atoms with van der Waals surface area (Å²) in [6, 6.07) is 20.0. The molecule has 0 aromatic heterocycles. The summed E-state index contributed by atoms with van der Waals surface area (Å²) in [7, 11) is 0. The Bertz CT molecular complexity index is 1060. The molecule has 0 radical (unpaired) electrons. The molecule has 0 atom stereocenters. The van der Waals surface area contributed by atoms with Gasteiger partial charge in [-0.2, -0.15) is 5.26 Å². The minimum atomic E-state index is -0.519. The zero-order valence-electron chi connectivity index (χ0n) is 14.9. The highest BCUT2D eigenvalue weighted by Crippen LogP contribution is 2.30. The van der Waals surface area contributed by atoms with E-state index in [4.69, 9.17) is 0 Å². The lowest BCUT2D eigenvalue weighted by atomic mass is 10.1. The summed E-state index contributed by atoms with van der Waals surface area (Å²) in [5.74, 6) is -0.382. The zero-order valence-corrected chi connectivity index (χ0v) is 14.9. The van der Waals surface area contributed by atoms with Crippen molar-refractivity contribution in [2.45, 2.75) is 13.3 Å². The van der Waals surface area contributed by atoms with Gasteiger partial charge in [-0.1, -0.05) is 49.4 Å². The van der Waals surface area contributed by atoms with Crippen LogP contribution in [0.5, 0.6) is 5.75 Å². The number of aryl methyl sites for hydroxylation is 1. The highest BCUT2D eigenvalue weighted by Gasteiger charge is 2.12. The number of carbonyl (C=O) groups excluding carboxylic acids is 1. The topological polar surface area (TPSA) is 85.2 Å². The summed E-state index contributed by atoms with van der Waals surface area (Å²) >= 11 is 0. The molecule has 0 saturated heterocycles. The number of phenolic OH excluding ortho intramolecular Hbond substituents is 1. The molecule has 0 unspecified atom stereocenters. The smallest absolute Gasteiger partial charge is 0.267 e. The van der Waals surface area contributed by atoms with E-state index < -0.39 is 5.91 Å². The fraction of sp³-hybridized carbons (Fsp3) is 0.0909. The van der Waals surface area contributed by atoms with Crippen molar-refractivity contribution in [2.75, 3.05) is 10.6 Å². The quantitative estimate of drug-likeness (QED) is 0.461. The van der Waals surface area contributed by atoms with Crippen LogP contribution in [-0.4, -0.2) is 11.0 Å². The van der Waals surface area contributed by atoms with Gasteiger partial charge in [0.25, 0.3) is 5.91 Å². The number of nitrogens with zero attached hydrogens (tertiary/aromatic N) is 1. The minimum absolute atomic E-state index is 0.0435. The average Bonchev–Trinajstić information content (AvgIpc) is 2.69. The van der Waals surface area contributed by atoms with E-state index in [9.17, 15) is 15.2 Å². The lowest BCUT2D eigenvalue weighted by Crippen LogP contribution is -2.15. The molecule has 3 N–H and O–H groups in total. The molecule has 0 aliphatic carbocycles. The van der Waals surface area contributed by atoms with Gasteiger partial charge in [-0.3, -0.25) is 4.79 Å². The second-order valence-electron chi connectivity index (χ2n) is 5.96. The first-order chi connectivity index (χ1) is 13.1. The number of phenols is 1. The number of anilines is 2. The molecule has 0 spiro atoms. The number of carbonyl (C=O) groups is 1. The predicted molar refractivity (Wildman–Crippen MR) is 107 cm³/mol. The Morgan fingerprint density at radius 1 is 1.04 bits per heavy atom. The molecule has 5 nitrogen and oxygen atoms in total. The molecule has 0 fully saturated rings. The van der Waals surface area contributed by atoms with E-state index in [-0.39, 0.29) is 11.3 Å². The van der Waals surface area contributed by atoms with Crippen molar-refractivity contribution >= 4 is 28.1 Å². The van der Waals surface area contributed by atoms with Crippen molar-refractivity contribution in [3.8, 4) is 11.8 Å². The van der Waals surface area contributed by atoms with Gasteiger partial charge in [-0.15, -0.1) is 0 Å². The molecule has 0 bridgehead atoms. The molecule has 5 heteroatoms. The number of rotatable bonds is 5. The molecule has 0 aliphatic heterocycles. The average molecular weight is 357 g/mol. The van der Waals surface area contributed by atoms with Crippen LogP contribution < -0.4 is 10.6 Å². The molecule has 0 heterocycles. The van der Waals surface area contributed by atoms with Crippen LogP contribution in [0.2, 0.25) is 0 Å². The molecular weight excluding hydrogens is 338 g/mol. The molecule has 134 valence electrons. The summed E-state index contributed by atoms with van der Waals surface area (Å²) in [6.07, 6.45) is 2.25. The molecular formula is C22H19N3O2. The van der Waals surface area contributed by atoms with E-state index in [2.05, 4.69) is 10.6 Å². The highest BCUT2D eigenvalue weighted by molar-refractivity contribution is 6.11. The number of nitriles is 1. The predicted octanol–water partition coefficient (Wildman–Crippen LogP) is 4.57. The Hall–Kier alpha value is -3.78. The Labute approximate surface area is 157 Å². The van der Waals surface area contributed by atoms with E-state index in [0.29, 0.717) is 16.5 Å².